The van der Waals surface area contributed by atoms with Gasteiger partial charge in [0.1, 0.15) is 5.60 Å². The molecule has 3 heterocycles. The van der Waals surface area contributed by atoms with Gasteiger partial charge in [0.2, 0.25) is 0 Å². The molecular weight excluding hydrogens is 288 g/mol. The Morgan fingerprint density at radius 1 is 1.26 bits per heavy atom. The van der Waals surface area contributed by atoms with E-state index in [1.54, 1.807) is 0 Å². The smallest absolute Gasteiger partial charge is 0.312 e. The Morgan fingerprint density at radius 2 is 2.04 bits per heavy atom. The van der Waals surface area contributed by atoms with Crippen molar-refractivity contribution in [2.45, 2.75) is 89.9 Å². The number of rotatable bonds is 4. The van der Waals surface area contributed by atoms with E-state index < -0.39 is 0 Å². The van der Waals surface area contributed by atoms with Crippen LogP contribution in [0.3, 0.4) is 0 Å². The third-order valence-corrected chi connectivity index (χ3v) is 7.37. The van der Waals surface area contributed by atoms with Gasteiger partial charge in [-0.25, -0.2) is 0 Å². The van der Waals surface area contributed by atoms with Crippen LogP contribution in [-0.2, 0) is 14.3 Å². The molecule has 4 aliphatic rings. The number of fused-ring (bicyclic) bond motifs is 4. The highest BCUT2D eigenvalue weighted by Crippen LogP contribution is 2.57. The lowest BCUT2D eigenvalue weighted by molar-refractivity contribution is -0.151. The average molecular weight is 318 g/mol. The summed E-state index contributed by atoms with van der Waals surface area (Å²) in [5, 5.41) is 0. The van der Waals surface area contributed by atoms with E-state index in [2.05, 4.69) is 33.8 Å². The van der Waals surface area contributed by atoms with Crippen LogP contribution in [0.1, 0.15) is 72.6 Å². The quantitative estimate of drug-likeness (QED) is 0.569. The van der Waals surface area contributed by atoms with Gasteiger partial charge >= 0.3 is 5.97 Å². The number of hydrogen-bond donors (Lipinski definition) is 0. The van der Waals surface area contributed by atoms with Gasteiger partial charge in [0.15, 0.2) is 0 Å². The third kappa shape index (κ3) is 2.08. The molecule has 23 heavy (non-hydrogen) atoms. The fraction of sp³-hybridized carbons (Fsp3) is 0.850. The molecule has 2 saturated heterocycles. The van der Waals surface area contributed by atoms with E-state index in [4.69, 9.17) is 9.47 Å². The second kappa shape index (κ2) is 4.84. The summed E-state index contributed by atoms with van der Waals surface area (Å²) in [6.45, 7) is 8.81. The highest BCUT2D eigenvalue weighted by molar-refractivity contribution is 5.80. The Morgan fingerprint density at radius 3 is 2.70 bits per heavy atom. The predicted molar refractivity (Wildman–Crippen MR) is 88.9 cm³/mol. The number of ether oxygens (including phenoxy) is 2. The van der Waals surface area contributed by atoms with Crippen molar-refractivity contribution in [2.24, 2.45) is 17.3 Å². The minimum Gasteiger partial charge on any atom is -0.459 e. The molecule has 0 unspecified atom stereocenters. The summed E-state index contributed by atoms with van der Waals surface area (Å²) in [6.07, 6.45) is 10.3. The van der Waals surface area contributed by atoms with Gasteiger partial charge in [-0.15, -0.1) is 0 Å². The molecule has 1 aliphatic carbocycles. The summed E-state index contributed by atoms with van der Waals surface area (Å²) < 4.78 is 12.2. The fourth-order valence-corrected chi connectivity index (χ4v) is 5.80. The molecule has 0 aromatic rings. The van der Waals surface area contributed by atoms with Crippen LogP contribution in [0.15, 0.2) is 11.6 Å². The van der Waals surface area contributed by atoms with Crippen LogP contribution in [0.25, 0.3) is 0 Å². The molecule has 4 rings (SSSR count). The van der Waals surface area contributed by atoms with Crippen molar-refractivity contribution in [1.82, 2.24) is 0 Å². The second-order valence-corrected chi connectivity index (χ2v) is 9.04. The van der Waals surface area contributed by atoms with Gasteiger partial charge in [0.25, 0.3) is 0 Å². The van der Waals surface area contributed by atoms with Gasteiger partial charge in [-0.3, -0.25) is 4.79 Å². The van der Waals surface area contributed by atoms with Crippen LogP contribution < -0.4 is 0 Å². The molecule has 3 aliphatic heterocycles. The summed E-state index contributed by atoms with van der Waals surface area (Å²) >= 11 is 0. The maximum absolute atomic E-state index is 12.4. The summed E-state index contributed by atoms with van der Waals surface area (Å²) in [5.74, 6) is 0.932. The summed E-state index contributed by atoms with van der Waals surface area (Å²) in [5.41, 5.74) is 0.973. The average Bonchev–Trinajstić information content (AvgIpc) is 3.08. The van der Waals surface area contributed by atoms with E-state index >= 15 is 0 Å². The molecule has 1 saturated carbocycles. The molecule has 0 aromatic heterocycles. The molecule has 0 spiro atoms. The normalized spacial score (nSPS) is 48.0. The van der Waals surface area contributed by atoms with Crippen molar-refractivity contribution in [3.05, 3.63) is 11.6 Å². The van der Waals surface area contributed by atoms with Gasteiger partial charge < -0.3 is 9.47 Å². The number of esters is 1. The van der Waals surface area contributed by atoms with Crippen LogP contribution in [0, 0.1) is 17.3 Å². The molecule has 0 radical (unpaired) electrons. The Labute approximate surface area is 139 Å². The first-order valence-corrected chi connectivity index (χ1v) is 9.42. The van der Waals surface area contributed by atoms with E-state index in [0.29, 0.717) is 17.9 Å². The topological polar surface area (TPSA) is 35.5 Å². The van der Waals surface area contributed by atoms with Crippen molar-refractivity contribution in [3.8, 4) is 0 Å². The van der Waals surface area contributed by atoms with Crippen LogP contribution in [0.4, 0.5) is 0 Å². The van der Waals surface area contributed by atoms with E-state index in [9.17, 15) is 4.79 Å². The monoisotopic (exact) mass is 318 g/mol. The summed E-state index contributed by atoms with van der Waals surface area (Å²) in [4.78, 5) is 12.4. The SMILES string of the molecule is CC(C)[C@@]12C=C(CC[C@H]3[C@@]4(C)CCC[C@]3(C)OC4=O)[C@@H](CC1)O2. The molecule has 0 N–H and O–H groups in total. The summed E-state index contributed by atoms with van der Waals surface area (Å²) in [6, 6.07) is 0. The Hall–Kier alpha value is -0.830. The number of hydrogen-bond acceptors (Lipinski definition) is 3. The van der Waals surface area contributed by atoms with Gasteiger partial charge in [-0.05, 0) is 70.3 Å². The van der Waals surface area contributed by atoms with Crippen molar-refractivity contribution >= 4 is 5.97 Å². The highest BCUT2D eigenvalue weighted by atomic mass is 16.6. The van der Waals surface area contributed by atoms with E-state index in [0.717, 1.165) is 32.1 Å². The van der Waals surface area contributed by atoms with Crippen LogP contribution in [0.5, 0.6) is 0 Å². The minimum absolute atomic E-state index is 0.00826. The van der Waals surface area contributed by atoms with Crippen molar-refractivity contribution in [1.29, 1.82) is 0 Å². The van der Waals surface area contributed by atoms with Crippen molar-refractivity contribution in [3.63, 3.8) is 0 Å². The van der Waals surface area contributed by atoms with Crippen molar-refractivity contribution < 1.29 is 14.3 Å². The van der Waals surface area contributed by atoms with Gasteiger partial charge in [-0.2, -0.15) is 0 Å². The maximum Gasteiger partial charge on any atom is 0.312 e. The third-order valence-electron chi connectivity index (χ3n) is 7.37. The molecule has 0 amide bonds. The van der Waals surface area contributed by atoms with E-state index in [-0.39, 0.29) is 22.6 Å². The predicted octanol–water partition coefficient (Wildman–Crippen LogP) is 4.40. The first-order valence-electron chi connectivity index (χ1n) is 9.42. The van der Waals surface area contributed by atoms with Gasteiger partial charge in [-0.1, -0.05) is 19.9 Å². The molecular formula is C20H30O3. The second-order valence-electron chi connectivity index (χ2n) is 9.04. The standard InChI is InChI=1S/C20H30O3/c1-13(2)20-11-8-15(22-20)14(12-20)6-7-16-18(3)9-5-10-19(16,4)23-17(18)21/h12-13,15-16H,5-11H2,1-4H3/t15-,16+,18-,19+,20+/m1/s1. The van der Waals surface area contributed by atoms with E-state index in [1.165, 1.54) is 18.4 Å². The Bertz CT molecular complexity index is 565. The molecule has 5 atom stereocenters. The molecule has 4 bridgehead atoms. The molecule has 3 nitrogen and oxygen atoms in total. The highest BCUT2D eigenvalue weighted by Gasteiger charge is 2.61. The Balaban J connectivity index is 1.51. The molecule has 3 fully saturated rings. The van der Waals surface area contributed by atoms with Gasteiger partial charge in [0, 0.05) is 5.92 Å². The Kier molecular flexibility index (Phi) is 3.30. The lowest BCUT2D eigenvalue weighted by Crippen LogP contribution is -2.42. The number of carbonyl (C=O) groups is 1. The zero-order valence-electron chi connectivity index (χ0n) is 15.0. The van der Waals surface area contributed by atoms with E-state index in [1.807, 2.05) is 0 Å². The first-order chi connectivity index (χ1) is 10.8. The lowest BCUT2D eigenvalue weighted by atomic mass is 9.61. The molecule has 128 valence electrons. The maximum atomic E-state index is 12.4. The number of carbonyl (C=O) groups excluding carboxylic acids is 1. The first kappa shape index (κ1) is 15.7. The zero-order valence-corrected chi connectivity index (χ0v) is 15.0. The van der Waals surface area contributed by atoms with Crippen LogP contribution in [-0.4, -0.2) is 23.3 Å². The van der Waals surface area contributed by atoms with Crippen molar-refractivity contribution in [2.75, 3.05) is 0 Å². The summed E-state index contributed by atoms with van der Waals surface area (Å²) in [7, 11) is 0. The van der Waals surface area contributed by atoms with Crippen LogP contribution in [0.2, 0.25) is 0 Å². The largest absolute Gasteiger partial charge is 0.459 e. The molecule has 3 heteroatoms. The lowest BCUT2D eigenvalue weighted by Gasteiger charge is -2.39. The van der Waals surface area contributed by atoms with Gasteiger partial charge in [0.05, 0.1) is 17.1 Å². The minimum atomic E-state index is -0.262. The fourth-order valence-electron chi connectivity index (χ4n) is 5.80. The molecule has 0 aromatic carbocycles. The van der Waals surface area contributed by atoms with Crippen LogP contribution >= 0.6 is 0 Å². The zero-order chi connectivity index (χ0) is 16.5.